The number of hydrogen-bond acceptors (Lipinski definition) is 9. The SMILES string of the molecule is O=c1onc(-c2nonc2NCCCS(=O)(=O)O)n1-c1ccc(F)c(Br)c1. The van der Waals surface area contributed by atoms with Crippen LogP contribution in [0.2, 0.25) is 0 Å². The molecule has 0 saturated carbocycles. The van der Waals surface area contributed by atoms with Crippen molar-refractivity contribution in [3.8, 4) is 17.2 Å². The van der Waals surface area contributed by atoms with Crippen molar-refractivity contribution in [2.75, 3.05) is 17.6 Å². The highest BCUT2D eigenvalue weighted by Gasteiger charge is 2.23. The van der Waals surface area contributed by atoms with E-state index in [2.05, 4.69) is 45.9 Å². The molecule has 3 aromatic rings. The predicted molar refractivity (Wildman–Crippen MR) is 92.6 cm³/mol. The van der Waals surface area contributed by atoms with Crippen molar-refractivity contribution >= 4 is 31.9 Å². The zero-order valence-electron chi connectivity index (χ0n) is 13.3. The summed E-state index contributed by atoms with van der Waals surface area (Å²) in [7, 11) is -4.08. The van der Waals surface area contributed by atoms with Gasteiger partial charge in [-0.1, -0.05) is 5.16 Å². The molecule has 0 atom stereocenters. The maximum Gasteiger partial charge on any atom is 0.446 e. The molecule has 2 aromatic heterocycles. The first-order valence-electron chi connectivity index (χ1n) is 7.32. The Morgan fingerprint density at radius 1 is 1.30 bits per heavy atom. The first-order chi connectivity index (χ1) is 12.8. The Labute approximate surface area is 159 Å². The number of rotatable bonds is 7. The molecule has 0 unspecified atom stereocenters. The van der Waals surface area contributed by atoms with Crippen LogP contribution in [0.5, 0.6) is 0 Å². The summed E-state index contributed by atoms with van der Waals surface area (Å²) in [5.74, 6) is -1.79. The van der Waals surface area contributed by atoms with Gasteiger partial charge in [-0.2, -0.15) is 8.42 Å². The number of anilines is 1. The fraction of sp³-hybridized carbons (Fsp3) is 0.231. The first-order valence-corrected chi connectivity index (χ1v) is 9.72. The highest BCUT2D eigenvalue weighted by Crippen LogP contribution is 2.26. The van der Waals surface area contributed by atoms with Crippen molar-refractivity contribution in [3.05, 3.63) is 39.0 Å². The van der Waals surface area contributed by atoms with Crippen LogP contribution in [0, 0.1) is 5.82 Å². The molecule has 144 valence electrons. The molecular weight excluding hydrogens is 453 g/mol. The van der Waals surface area contributed by atoms with E-state index >= 15 is 0 Å². The van der Waals surface area contributed by atoms with Gasteiger partial charge in [-0.05, 0) is 50.9 Å². The molecule has 0 spiro atoms. The van der Waals surface area contributed by atoms with E-state index in [9.17, 15) is 17.6 Å². The smallest absolute Gasteiger partial charge is 0.365 e. The number of benzene rings is 1. The second-order valence-electron chi connectivity index (χ2n) is 5.23. The standard InChI is InChI=1S/C13H11BrFN5O6S/c14-8-6-7(2-3-9(8)15)20-12(19-25-13(20)21)10-11(18-26-17-10)16-4-1-5-27(22,23)24/h2-3,6H,1,4-5H2,(H,16,18)(H,22,23,24). The summed E-state index contributed by atoms with van der Waals surface area (Å²) in [6, 6.07) is 3.84. The van der Waals surface area contributed by atoms with Crippen LogP contribution >= 0.6 is 15.9 Å². The minimum absolute atomic E-state index is 0.0214. The molecule has 27 heavy (non-hydrogen) atoms. The molecule has 3 rings (SSSR count). The van der Waals surface area contributed by atoms with Gasteiger partial charge in [-0.15, -0.1) is 0 Å². The minimum atomic E-state index is -4.08. The van der Waals surface area contributed by atoms with Crippen molar-refractivity contribution in [3.63, 3.8) is 0 Å². The lowest BCUT2D eigenvalue weighted by atomic mass is 10.3. The van der Waals surface area contributed by atoms with E-state index in [1.54, 1.807) is 0 Å². The molecule has 0 aliphatic heterocycles. The fourth-order valence-electron chi connectivity index (χ4n) is 2.16. The molecule has 0 radical (unpaired) electrons. The summed E-state index contributed by atoms with van der Waals surface area (Å²) in [6.07, 6.45) is 0.0850. The van der Waals surface area contributed by atoms with Gasteiger partial charge in [0.25, 0.3) is 10.1 Å². The van der Waals surface area contributed by atoms with E-state index in [-0.39, 0.29) is 40.5 Å². The van der Waals surface area contributed by atoms with Crippen LogP contribution < -0.4 is 11.1 Å². The lowest BCUT2D eigenvalue weighted by molar-refractivity contribution is 0.309. The second kappa shape index (κ2) is 7.58. The summed E-state index contributed by atoms with van der Waals surface area (Å²) in [6.45, 7) is 0.116. The average Bonchev–Trinajstić information content (AvgIpc) is 3.19. The van der Waals surface area contributed by atoms with Gasteiger partial charge in [-0.3, -0.25) is 9.08 Å². The summed E-state index contributed by atoms with van der Waals surface area (Å²) >= 11 is 3.03. The molecule has 0 fully saturated rings. The molecule has 0 saturated heterocycles. The molecule has 14 heteroatoms. The van der Waals surface area contributed by atoms with Gasteiger partial charge in [0.1, 0.15) is 5.82 Å². The van der Waals surface area contributed by atoms with Crippen molar-refractivity contribution in [1.82, 2.24) is 20.0 Å². The topological polar surface area (TPSA) is 153 Å². The van der Waals surface area contributed by atoms with Gasteiger partial charge < -0.3 is 5.32 Å². The Bertz CT molecular complexity index is 1120. The fourth-order valence-corrected chi connectivity index (χ4v) is 3.04. The number of aromatic nitrogens is 4. The highest BCUT2D eigenvalue weighted by atomic mass is 79.9. The summed E-state index contributed by atoms with van der Waals surface area (Å²) in [5, 5.41) is 13.7. The molecule has 1 aromatic carbocycles. The number of nitrogens with zero attached hydrogens (tertiary/aromatic N) is 4. The second-order valence-corrected chi connectivity index (χ2v) is 7.66. The maximum atomic E-state index is 13.5. The van der Waals surface area contributed by atoms with E-state index in [0.29, 0.717) is 0 Å². The summed E-state index contributed by atoms with van der Waals surface area (Å²) in [5.41, 5.74) is 0.276. The minimum Gasteiger partial charge on any atom is -0.365 e. The molecule has 0 aliphatic rings. The molecule has 2 heterocycles. The molecule has 11 nitrogen and oxygen atoms in total. The van der Waals surface area contributed by atoms with E-state index in [0.717, 1.165) is 10.6 Å². The Morgan fingerprint density at radius 2 is 2.07 bits per heavy atom. The van der Waals surface area contributed by atoms with Gasteiger partial charge in [0, 0.05) is 6.54 Å². The van der Waals surface area contributed by atoms with Crippen LogP contribution in [0.25, 0.3) is 17.2 Å². The van der Waals surface area contributed by atoms with Gasteiger partial charge in [0.05, 0.1) is 15.9 Å². The van der Waals surface area contributed by atoms with Crippen LogP contribution in [0.3, 0.4) is 0 Å². The molecule has 0 amide bonds. The first kappa shape index (κ1) is 19.2. The largest absolute Gasteiger partial charge is 0.446 e. The van der Waals surface area contributed by atoms with Crippen molar-refractivity contribution < 1.29 is 26.5 Å². The zero-order chi connectivity index (χ0) is 19.6. The summed E-state index contributed by atoms with van der Waals surface area (Å²) < 4.78 is 54.1. The van der Waals surface area contributed by atoms with Crippen molar-refractivity contribution in [2.45, 2.75) is 6.42 Å². The lowest BCUT2D eigenvalue weighted by Crippen LogP contribution is -2.14. The zero-order valence-corrected chi connectivity index (χ0v) is 15.7. The predicted octanol–water partition coefficient (Wildman–Crippen LogP) is 1.47. The van der Waals surface area contributed by atoms with E-state index in [4.69, 9.17) is 4.55 Å². The van der Waals surface area contributed by atoms with Crippen LogP contribution in [0.1, 0.15) is 6.42 Å². The van der Waals surface area contributed by atoms with Gasteiger partial charge in [0.2, 0.25) is 11.6 Å². The lowest BCUT2D eigenvalue weighted by Gasteiger charge is -2.05. The van der Waals surface area contributed by atoms with Gasteiger partial charge in [0.15, 0.2) is 5.69 Å². The van der Waals surface area contributed by atoms with Crippen LogP contribution in [0.15, 0.2) is 36.6 Å². The van der Waals surface area contributed by atoms with Crippen molar-refractivity contribution in [1.29, 1.82) is 0 Å². The van der Waals surface area contributed by atoms with E-state index < -0.39 is 27.4 Å². The maximum absolute atomic E-state index is 13.5. The number of hydrogen-bond donors (Lipinski definition) is 2. The third kappa shape index (κ3) is 4.40. The molecule has 0 bridgehead atoms. The third-order valence-electron chi connectivity index (χ3n) is 3.34. The average molecular weight is 464 g/mol. The van der Waals surface area contributed by atoms with Crippen LogP contribution in [-0.4, -0.2) is 45.3 Å². The Hall–Kier alpha value is -2.58. The number of halogens is 2. The van der Waals surface area contributed by atoms with Gasteiger partial charge in [-0.25, -0.2) is 18.4 Å². The van der Waals surface area contributed by atoms with Crippen LogP contribution in [-0.2, 0) is 10.1 Å². The van der Waals surface area contributed by atoms with Crippen molar-refractivity contribution in [2.24, 2.45) is 0 Å². The molecular formula is C13H11BrFN5O6S. The highest BCUT2D eigenvalue weighted by molar-refractivity contribution is 9.10. The Kier molecular flexibility index (Phi) is 5.38. The van der Waals surface area contributed by atoms with Crippen LogP contribution in [0.4, 0.5) is 10.2 Å². The van der Waals surface area contributed by atoms with E-state index in [1.165, 1.54) is 12.1 Å². The summed E-state index contributed by atoms with van der Waals surface area (Å²) in [4.78, 5) is 12.0. The molecule has 2 N–H and O–H groups in total. The third-order valence-corrected chi connectivity index (χ3v) is 4.75. The number of nitrogens with one attached hydrogen (secondary N) is 1. The Morgan fingerprint density at radius 3 is 2.78 bits per heavy atom. The van der Waals surface area contributed by atoms with E-state index in [1.807, 2.05) is 0 Å². The Balaban J connectivity index is 1.89. The quantitative estimate of drug-likeness (QED) is 0.388. The normalized spacial score (nSPS) is 11.7. The van der Waals surface area contributed by atoms with Gasteiger partial charge >= 0.3 is 5.76 Å². The monoisotopic (exact) mass is 463 g/mol. The molecule has 0 aliphatic carbocycles.